The van der Waals surface area contributed by atoms with E-state index in [-0.39, 0.29) is 24.9 Å². The average molecular weight is 243 g/mol. The van der Waals surface area contributed by atoms with Gasteiger partial charge in [-0.15, -0.1) is 0 Å². The molecule has 1 heterocycles. The number of carboxylic acids is 1. The molecule has 0 spiro atoms. The molecule has 3 amide bonds. The van der Waals surface area contributed by atoms with Crippen molar-refractivity contribution in [2.45, 2.75) is 12.8 Å². The Morgan fingerprint density at radius 3 is 2.65 bits per heavy atom. The van der Waals surface area contributed by atoms with E-state index in [1.54, 1.807) is 0 Å². The Morgan fingerprint density at radius 1 is 1.47 bits per heavy atom. The number of carbonyl (C=O) groups excluding carboxylic acids is 2. The van der Waals surface area contributed by atoms with Gasteiger partial charge in [0, 0.05) is 20.1 Å². The predicted molar refractivity (Wildman–Crippen MR) is 59.2 cm³/mol. The van der Waals surface area contributed by atoms with Crippen molar-refractivity contribution in [3.63, 3.8) is 0 Å². The molecule has 17 heavy (non-hydrogen) atoms. The van der Waals surface area contributed by atoms with Crippen molar-refractivity contribution in [1.29, 1.82) is 0 Å². The van der Waals surface area contributed by atoms with Gasteiger partial charge >= 0.3 is 12.0 Å². The topological polar surface area (TPSA) is 104 Å². The third-order valence-corrected chi connectivity index (χ3v) is 2.83. The van der Waals surface area contributed by atoms with Gasteiger partial charge in [0.2, 0.25) is 5.91 Å². The van der Waals surface area contributed by atoms with Crippen LogP contribution in [0.15, 0.2) is 0 Å². The lowest BCUT2D eigenvalue weighted by molar-refractivity contribution is -0.145. The molecular weight excluding hydrogens is 226 g/mol. The zero-order valence-electron chi connectivity index (χ0n) is 9.76. The maximum atomic E-state index is 11.9. The molecule has 1 rings (SSSR count). The Bertz CT molecular complexity index is 332. The molecule has 0 aromatic heterocycles. The quantitative estimate of drug-likeness (QED) is 0.685. The largest absolute Gasteiger partial charge is 0.480 e. The van der Waals surface area contributed by atoms with Gasteiger partial charge in [-0.3, -0.25) is 9.59 Å². The number of carboxylic acid groups (broad SMARTS) is 1. The molecule has 0 aromatic rings. The van der Waals surface area contributed by atoms with Crippen LogP contribution in [0.25, 0.3) is 0 Å². The number of carbonyl (C=O) groups is 3. The molecule has 7 nitrogen and oxygen atoms in total. The van der Waals surface area contributed by atoms with Gasteiger partial charge in [-0.2, -0.15) is 0 Å². The van der Waals surface area contributed by atoms with Crippen LogP contribution < -0.4 is 5.73 Å². The molecule has 1 aliphatic rings. The highest BCUT2D eigenvalue weighted by Gasteiger charge is 2.29. The average Bonchev–Trinajstić information content (AvgIpc) is 2.27. The summed E-state index contributed by atoms with van der Waals surface area (Å²) in [5, 5.41) is 8.59. The van der Waals surface area contributed by atoms with Gasteiger partial charge in [-0.05, 0) is 12.8 Å². The summed E-state index contributed by atoms with van der Waals surface area (Å²) in [5.74, 6) is -1.65. The zero-order chi connectivity index (χ0) is 13.0. The minimum absolute atomic E-state index is 0.252. The second-order valence-electron chi connectivity index (χ2n) is 4.21. The number of amides is 3. The lowest BCUT2D eigenvalue weighted by Gasteiger charge is -2.32. The first-order chi connectivity index (χ1) is 7.91. The summed E-state index contributed by atoms with van der Waals surface area (Å²) in [6, 6.07) is -0.539. The second-order valence-corrected chi connectivity index (χ2v) is 4.21. The van der Waals surface area contributed by atoms with Crippen molar-refractivity contribution in [3.8, 4) is 0 Å². The van der Waals surface area contributed by atoms with Gasteiger partial charge in [0.1, 0.15) is 6.54 Å². The number of nitrogens with two attached hydrogens (primary N) is 1. The van der Waals surface area contributed by atoms with E-state index >= 15 is 0 Å². The van der Waals surface area contributed by atoms with Crippen LogP contribution in [0.5, 0.6) is 0 Å². The molecule has 1 saturated heterocycles. The summed E-state index contributed by atoms with van der Waals surface area (Å²) in [7, 11) is 1.44. The van der Waals surface area contributed by atoms with Crippen LogP contribution in [-0.2, 0) is 9.59 Å². The van der Waals surface area contributed by atoms with Gasteiger partial charge in [-0.1, -0.05) is 0 Å². The number of piperidine rings is 1. The SMILES string of the molecule is CN(CC(=O)O)C(=O)C1CCCN(C(N)=O)C1. The number of hydrogen-bond donors (Lipinski definition) is 2. The first kappa shape index (κ1) is 13.3. The second kappa shape index (κ2) is 5.51. The lowest BCUT2D eigenvalue weighted by Crippen LogP contribution is -2.48. The lowest BCUT2D eigenvalue weighted by atomic mass is 9.97. The number of rotatable bonds is 3. The van der Waals surface area contributed by atoms with Gasteiger partial charge in [0.05, 0.1) is 5.92 Å². The number of hydrogen-bond acceptors (Lipinski definition) is 3. The van der Waals surface area contributed by atoms with Crippen LogP contribution in [0.1, 0.15) is 12.8 Å². The number of likely N-dealkylation sites (N-methyl/N-ethyl adjacent to an activating group) is 1. The van der Waals surface area contributed by atoms with E-state index in [4.69, 9.17) is 10.8 Å². The maximum absolute atomic E-state index is 11.9. The fraction of sp³-hybridized carbons (Fsp3) is 0.700. The van der Waals surface area contributed by atoms with Crippen LogP contribution in [0.3, 0.4) is 0 Å². The fourth-order valence-corrected chi connectivity index (χ4v) is 1.97. The van der Waals surface area contributed by atoms with Crippen molar-refractivity contribution in [1.82, 2.24) is 9.80 Å². The Labute approximate surface area is 99.2 Å². The summed E-state index contributed by atoms with van der Waals surface area (Å²) in [4.78, 5) is 36.0. The molecule has 7 heteroatoms. The van der Waals surface area contributed by atoms with Crippen molar-refractivity contribution in [3.05, 3.63) is 0 Å². The smallest absolute Gasteiger partial charge is 0.323 e. The molecule has 1 atom stereocenters. The molecule has 3 N–H and O–H groups in total. The van der Waals surface area contributed by atoms with Crippen LogP contribution in [0.4, 0.5) is 4.79 Å². The molecule has 1 unspecified atom stereocenters. The third kappa shape index (κ3) is 3.61. The van der Waals surface area contributed by atoms with Crippen LogP contribution >= 0.6 is 0 Å². The van der Waals surface area contributed by atoms with Gasteiger partial charge in [0.15, 0.2) is 0 Å². The monoisotopic (exact) mass is 243 g/mol. The molecule has 1 aliphatic heterocycles. The van der Waals surface area contributed by atoms with E-state index in [0.29, 0.717) is 19.4 Å². The van der Waals surface area contributed by atoms with Crippen molar-refractivity contribution < 1.29 is 19.5 Å². The summed E-state index contributed by atoms with van der Waals surface area (Å²) in [6.07, 6.45) is 1.37. The highest BCUT2D eigenvalue weighted by Crippen LogP contribution is 2.18. The molecule has 1 fully saturated rings. The van der Waals surface area contributed by atoms with Crippen LogP contribution in [0.2, 0.25) is 0 Å². The first-order valence-corrected chi connectivity index (χ1v) is 5.43. The first-order valence-electron chi connectivity index (χ1n) is 5.43. The van der Waals surface area contributed by atoms with E-state index in [0.717, 1.165) is 4.90 Å². The highest BCUT2D eigenvalue weighted by molar-refractivity contribution is 5.83. The number of likely N-dealkylation sites (tertiary alicyclic amines) is 1. The zero-order valence-corrected chi connectivity index (χ0v) is 9.76. The van der Waals surface area contributed by atoms with Crippen LogP contribution in [-0.4, -0.2) is 59.5 Å². The fourth-order valence-electron chi connectivity index (χ4n) is 1.97. The van der Waals surface area contributed by atoms with E-state index in [9.17, 15) is 14.4 Å². The molecule has 96 valence electrons. The van der Waals surface area contributed by atoms with Gasteiger partial charge in [0.25, 0.3) is 0 Å². The van der Waals surface area contributed by atoms with Crippen molar-refractivity contribution in [2.75, 3.05) is 26.7 Å². The number of primary amides is 1. The van der Waals surface area contributed by atoms with E-state index in [1.165, 1.54) is 11.9 Å². The minimum Gasteiger partial charge on any atom is -0.480 e. The molecule has 0 bridgehead atoms. The van der Waals surface area contributed by atoms with Gasteiger partial charge < -0.3 is 20.6 Å². The van der Waals surface area contributed by atoms with Crippen molar-refractivity contribution >= 4 is 17.9 Å². The van der Waals surface area contributed by atoms with E-state index in [2.05, 4.69) is 0 Å². The molecule has 0 aliphatic carbocycles. The number of nitrogens with zero attached hydrogens (tertiary/aromatic N) is 2. The van der Waals surface area contributed by atoms with E-state index < -0.39 is 12.0 Å². The summed E-state index contributed by atoms with van der Waals surface area (Å²) < 4.78 is 0. The predicted octanol–water partition coefficient (Wildman–Crippen LogP) is -0.680. The van der Waals surface area contributed by atoms with Crippen molar-refractivity contribution in [2.24, 2.45) is 11.7 Å². The minimum atomic E-state index is -1.05. The Hall–Kier alpha value is -1.79. The number of urea groups is 1. The normalized spacial score (nSPS) is 19.8. The summed E-state index contributed by atoms with van der Waals surface area (Å²) >= 11 is 0. The molecule has 0 aromatic carbocycles. The molecular formula is C10H17N3O4. The maximum Gasteiger partial charge on any atom is 0.323 e. The summed E-state index contributed by atoms with van der Waals surface area (Å²) in [5.41, 5.74) is 5.15. The molecule has 0 radical (unpaired) electrons. The summed E-state index contributed by atoms with van der Waals surface area (Å²) in [6.45, 7) is 0.506. The molecule has 0 saturated carbocycles. The standard InChI is InChI=1S/C10H17N3O4/c1-12(6-8(14)15)9(16)7-3-2-4-13(5-7)10(11)17/h7H,2-6H2,1H3,(H2,11,17)(H,14,15). The Balaban J connectivity index is 2.57. The third-order valence-electron chi connectivity index (χ3n) is 2.83. The van der Waals surface area contributed by atoms with E-state index in [1.807, 2.05) is 0 Å². The Morgan fingerprint density at radius 2 is 2.12 bits per heavy atom. The number of aliphatic carboxylic acids is 1. The van der Waals surface area contributed by atoms with Gasteiger partial charge in [-0.25, -0.2) is 4.79 Å². The Kier molecular flexibility index (Phi) is 4.30. The van der Waals surface area contributed by atoms with Crippen LogP contribution in [0, 0.1) is 5.92 Å². The highest BCUT2D eigenvalue weighted by atomic mass is 16.4.